The molecule has 3 atom stereocenters. The number of aliphatic hydroxyl groups is 2. The predicted octanol–water partition coefficient (Wildman–Crippen LogP) is 1.72. The van der Waals surface area contributed by atoms with Crippen molar-refractivity contribution in [1.29, 1.82) is 0 Å². The summed E-state index contributed by atoms with van der Waals surface area (Å²) in [5, 5.41) is 20.8. The van der Waals surface area contributed by atoms with E-state index in [4.69, 9.17) is 14.3 Å². The Morgan fingerprint density at radius 2 is 2.03 bits per heavy atom. The van der Waals surface area contributed by atoms with Crippen LogP contribution in [0, 0.1) is 12.8 Å². The number of rotatable bonds is 6. The fraction of sp³-hybridized carbons (Fsp3) is 0.304. The summed E-state index contributed by atoms with van der Waals surface area (Å²) < 4.78 is 11.5. The number of amides is 1. The van der Waals surface area contributed by atoms with E-state index in [2.05, 4.69) is 5.32 Å². The standard InChI is InChI=1S/C23H23NO6/c1-13-17(9-20(27)24-10-15(26)11-25)23(28)30-19-8-7-16-18(12-29-22(16)21(13)19)14-5-3-2-4-6-14/h2-8,12,15-16,22,25-26H,9-11H2,1H3,(H,24,27). The molecule has 1 amide bonds. The van der Waals surface area contributed by atoms with Gasteiger partial charge in [0.2, 0.25) is 5.91 Å². The molecule has 2 heterocycles. The molecule has 4 rings (SSSR count). The van der Waals surface area contributed by atoms with E-state index in [0.29, 0.717) is 11.3 Å². The average molecular weight is 409 g/mol. The van der Waals surface area contributed by atoms with Gasteiger partial charge in [-0.05, 0) is 24.1 Å². The molecule has 2 aromatic rings. The van der Waals surface area contributed by atoms with Crippen LogP contribution in [0.5, 0.6) is 0 Å². The predicted molar refractivity (Wildman–Crippen MR) is 110 cm³/mol. The van der Waals surface area contributed by atoms with Gasteiger partial charge in [0.15, 0.2) is 0 Å². The molecule has 156 valence electrons. The van der Waals surface area contributed by atoms with Crippen LogP contribution in [0.25, 0.3) is 11.6 Å². The van der Waals surface area contributed by atoms with Crippen molar-refractivity contribution in [3.63, 3.8) is 0 Å². The molecule has 3 unspecified atom stereocenters. The molecular formula is C23H23NO6. The second-order valence-corrected chi connectivity index (χ2v) is 7.47. The van der Waals surface area contributed by atoms with Crippen molar-refractivity contribution in [2.24, 2.45) is 5.92 Å². The number of aliphatic hydroxyl groups excluding tert-OH is 2. The molecule has 0 spiro atoms. The summed E-state index contributed by atoms with van der Waals surface area (Å²) in [6, 6.07) is 9.95. The van der Waals surface area contributed by atoms with Gasteiger partial charge >= 0.3 is 5.63 Å². The number of carbonyl (C=O) groups excluding carboxylic acids is 1. The van der Waals surface area contributed by atoms with E-state index >= 15 is 0 Å². The zero-order chi connectivity index (χ0) is 21.3. The number of hydrogen-bond acceptors (Lipinski definition) is 6. The Hall–Kier alpha value is -3.16. The first-order chi connectivity index (χ1) is 14.5. The third kappa shape index (κ3) is 3.69. The lowest BCUT2D eigenvalue weighted by Gasteiger charge is -2.26. The van der Waals surface area contributed by atoms with Crippen LogP contribution in [0.4, 0.5) is 0 Å². The first-order valence-corrected chi connectivity index (χ1v) is 9.80. The molecule has 0 fully saturated rings. The number of fused-ring (bicyclic) bond motifs is 3. The smallest absolute Gasteiger partial charge is 0.340 e. The van der Waals surface area contributed by atoms with Crippen molar-refractivity contribution in [2.75, 3.05) is 13.2 Å². The van der Waals surface area contributed by atoms with Crippen LogP contribution in [0.2, 0.25) is 0 Å². The van der Waals surface area contributed by atoms with Gasteiger partial charge in [0.25, 0.3) is 0 Å². The van der Waals surface area contributed by atoms with Gasteiger partial charge in [-0.3, -0.25) is 4.79 Å². The molecule has 1 aromatic carbocycles. The number of nitrogens with one attached hydrogen (secondary N) is 1. The van der Waals surface area contributed by atoms with Crippen LogP contribution in [-0.2, 0) is 16.0 Å². The van der Waals surface area contributed by atoms with Gasteiger partial charge in [-0.25, -0.2) is 4.79 Å². The van der Waals surface area contributed by atoms with Crippen LogP contribution in [-0.4, -0.2) is 35.4 Å². The largest absolute Gasteiger partial charge is 0.492 e. The van der Waals surface area contributed by atoms with E-state index in [-0.39, 0.29) is 30.6 Å². The summed E-state index contributed by atoms with van der Waals surface area (Å²) in [7, 11) is 0. The highest BCUT2D eigenvalue weighted by Gasteiger charge is 2.38. The molecular weight excluding hydrogens is 386 g/mol. The summed E-state index contributed by atoms with van der Waals surface area (Å²) in [4.78, 5) is 24.7. The van der Waals surface area contributed by atoms with Gasteiger partial charge in [-0.15, -0.1) is 0 Å². The Balaban J connectivity index is 1.61. The quantitative estimate of drug-likeness (QED) is 0.670. The van der Waals surface area contributed by atoms with E-state index in [1.807, 2.05) is 36.4 Å². The zero-order valence-corrected chi connectivity index (χ0v) is 16.5. The van der Waals surface area contributed by atoms with E-state index in [1.165, 1.54) is 0 Å². The fourth-order valence-corrected chi connectivity index (χ4v) is 3.93. The Kier molecular flexibility index (Phi) is 5.57. The third-order valence-electron chi connectivity index (χ3n) is 5.53. The van der Waals surface area contributed by atoms with E-state index in [9.17, 15) is 14.7 Å². The summed E-state index contributed by atoms with van der Waals surface area (Å²) in [6.07, 6.45) is 3.96. The van der Waals surface area contributed by atoms with Gasteiger partial charge in [-0.1, -0.05) is 36.4 Å². The second kappa shape index (κ2) is 8.30. The number of benzene rings is 1. The van der Waals surface area contributed by atoms with Crippen LogP contribution in [0.1, 0.15) is 34.1 Å². The number of carbonyl (C=O) groups is 1. The van der Waals surface area contributed by atoms with Crippen LogP contribution in [0.3, 0.4) is 0 Å². The first kappa shape index (κ1) is 20.1. The number of hydrogen-bond donors (Lipinski definition) is 3. The fourth-order valence-electron chi connectivity index (χ4n) is 3.93. The van der Waals surface area contributed by atoms with Crippen LogP contribution < -0.4 is 10.9 Å². The maximum atomic E-state index is 12.5. The Morgan fingerprint density at radius 3 is 2.77 bits per heavy atom. The SMILES string of the molecule is Cc1c2c(oc(=O)c1CC(=O)NCC(O)CO)C=CC1C(c3ccccc3)=COC21. The molecule has 3 N–H and O–H groups in total. The molecule has 0 saturated heterocycles. The lowest BCUT2D eigenvalue weighted by atomic mass is 9.81. The second-order valence-electron chi connectivity index (χ2n) is 7.47. The minimum absolute atomic E-state index is 0.0207. The topological polar surface area (TPSA) is 109 Å². The molecule has 7 nitrogen and oxygen atoms in total. The normalized spacial score (nSPS) is 20.0. The van der Waals surface area contributed by atoms with Gasteiger partial charge in [0.05, 0.1) is 31.0 Å². The van der Waals surface area contributed by atoms with E-state index < -0.39 is 24.2 Å². The summed E-state index contributed by atoms with van der Waals surface area (Å²) >= 11 is 0. The Morgan fingerprint density at radius 1 is 1.27 bits per heavy atom. The zero-order valence-electron chi connectivity index (χ0n) is 16.5. The highest BCUT2D eigenvalue weighted by Crippen LogP contribution is 2.47. The summed E-state index contributed by atoms with van der Waals surface area (Å²) in [5.41, 5.74) is 3.24. The lowest BCUT2D eigenvalue weighted by Crippen LogP contribution is -2.36. The highest BCUT2D eigenvalue weighted by molar-refractivity contribution is 5.79. The van der Waals surface area contributed by atoms with Gasteiger partial charge in [-0.2, -0.15) is 0 Å². The monoisotopic (exact) mass is 409 g/mol. The van der Waals surface area contributed by atoms with Gasteiger partial charge < -0.3 is 24.7 Å². The van der Waals surface area contributed by atoms with Gasteiger partial charge in [0, 0.05) is 23.6 Å². The third-order valence-corrected chi connectivity index (χ3v) is 5.53. The average Bonchev–Trinajstić information content (AvgIpc) is 3.19. The Labute approximate surface area is 173 Å². The maximum absolute atomic E-state index is 12.5. The summed E-state index contributed by atoms with van der Waals surface area (Å²) in [5.74, 6) is -0.00908. The van der Waals surface area contributed by atoms with Crippen molar-refractivity contribution >= 4 is 17.6 Å². The Bertz CT molecular complexity index is 1070. The van der Waals surface area contributed by atoms with Crippen molar-refractivity contribution in [3.05, 3.63) is 81.1 Å². The van der Waals surface area contributed by atoms with Crippen molar-refractivity contribution in [3.8, 4) is 0 Å². The van der Waals surface area contributed by atoms with Crippen molar-refractivity contribution < 1.29 is 24.2 Å². The van der Waals surface area contributed by atoms with Crippen molar-refractivity contribution in [2.45, 2.75) is 25.6 Å². The lowest BCUT2D eigenvalue weighted by molar-refractivity contribution is -0.121. The molecule has 0 radical (unpaired) electrons. The maximum Gasteiger partial charge on any atom is 0.340 e. The number of ether oxygens (including phenoxy) is 1. The molecule has 0 saturated carbocycles. The molecule has 30 heavy (non-hydrogen) atoms. The minimum atomic E-state index is -1.05. The molecule has 1 aliphatic carbocycles. The van der Waals surface area contributed by atoms with Crippen LogP contribution >= 0.6 is 0 Å². The molecule has 0 bridgehead atoms. The molecule has 1 aliphatic heterocycles. The van der Waals surface area contributed by atoms with Gasteiger partial charge in [0.1, 0.15) is 11.9 Å². The highest BCUT2D eigenvalue weighted by atomic mass is 16.5. The summed E-state index contributed by atoms with van der Waals surface area (Å²) in [6.45, 7) is 1.25. The first-order valence-electron chi connectivity index (χ1n) is 9.80. The van der Waals surface area contributed by atoms with Crippen molar-refractivity contribution in [1.82, 2.24) is 5.32 Å². The van der Waals surface area contributed by atoms with Crippen LogP contribution in [0.15, 0.2) is 51.9 Å². The van der Waals surface area contributed by atoms with E-state index in [1.54, 1.807) is 19.3 Å². The minimum Gasteiger partial charge on any atom is -0.492 e. The molecule has 7 heteroatoms. The van der Waals surface area contributed by atoms with E-state index in [0.717, 1.165) is 16.7 Å². The molecule has 1 aromatic heterocycles. The molecule has 2 aliphatic rings.